The van der Waals surface area contributed by atoms with E-state index in [-0.39, 0.29) is 23.5 Å². The molecule has 2 N–H and O–H groups in total. The average Bonchev–Trinajstić information content (AvgIpc) is 3.16. The van der Waals surface area contributed by atoms with E-state index in [1.54, 1.807) is 0 Å². The van der Waals surface area contributed by atoms with Crippen LogP contribution in [0.3, 0.4) is 0 Å². The van der Waals surface area contributed by atoms with Crippen molar-refractivity contribution < 1.29 is 9.59 Å². The molecule has 0 unspecified atom stereocenters. The highest BCUT2D eigenvalue weighted by Crippen LogP contribution is 2.65. The first-order valence-corrected chi connectivity index (χ1v) is 9.93. The summed E-state index contributed by atoms with van der Waals surface area (Å²) in [5.74, 6) is 0.738. The molecule has 2 saturated carbocycles. The summed E-state index contributed by atoms with van der Waals surface area (Å²) < 4.78 is 0. The predicted molar refractivity (Wildman–Crippen MR) is 96.2 cm³/mol. The van der Waals surface area contributed by atoms with Gasteiger partial charge in [-0.3, -0.25) is 0 Å². The monoisotopic (exact) mass is 348 g/mol. The molecule has 2 bridgehead atoms. The fourth-order valence-corrected chi connectivity index (χ4v) is 5.88. The smallest absolute Gasteiger partial charge is 0.317 e. The predicted octanol–water partition coefficient (Wildman–Crippen LogP) is 2.40. The minimum Gasteiger partial charge on any atom is -0.336 e. The van der Waals surface area contributed by atoms with Gasteiger partial charge in [0.2, 0.25) is 0 Å². The number of fused-ring (bicyclic) bond motifs is 2. The van der Waals surface area contributed by atoms with Crippen molar-refractivity contribution in [2.24, 2.45) is 16.7 Å². The third-order valence-electron chi connectivity index (χ3n) is 8.17. The highest BCUT2D eigenvalue weighted by molar-refractivity contribution is 5.77. The molecule has 2 aliphatic heterocycles. The first-order chi connectivity index (χ1) is 11.8. The van der Waals surface area contributed by atoms with Gasteiger partial charge >= 0.3 is 12.1 Å². The number of nitrogens with zero attached hydrogens (tertiary/aromatic N) is 2. The van der Waals surface area contributed by atoms with E-state index in [4.69, 9.17) is 0 Å². The van der Waals surface area contributed by atoms with Crippen LogP contribution in [-0.2, 0) is 0 Å². The van der Waals surface area contributed by atoms with Gasteiger partial charge in [0.1, 0.15) is 0 Å². The van der Waals surface area contributed by atoms with Gasteiger partial charge in [0.25, 0.3) is 0 Å². The second kappa shape index (κ2) is 5.78. The molecule has 140 valence electrons. The Hall–Kier alpha value is -1.46. The molecule has 0 aromatic rings. The van der Waals surface area contributed by atoms with Crippen LogP contribution >= 0.6 is 0 Å². The van der Waals surface area contributed by atoms with Crippen molar-refractivity contribution in [1.29, 1.82) is 0 Å². The van der Waals surface area contributed by atoms with Gasteiger partial charge < -0.3 is 20.4 Å². The van der Waals surface area contributed by atoms with Crippen LogP contribution in [0.5, 0.6) is 0 Å². The van der Waals surface area contributed by atoms with Crippen LogP contribution in [-0.4, -0.2) is 60.1 Å². The molecule has 4 fully saturated rings. The standard InChI is InChI=1S/C19H32N4O2/c1-18(2)13-4-7-19(18,3)15(12-13)21-17(25)22-9-5-14(6-10-22)23-11-8-20-16(23)24/h13-15H,4-12H2,1-3H3,(H,20,24)(H,21,25)/t13-,15-,19-/m0/s1. The van der Waals surface area contributed by atoms with Gasteiger partial charge in [0, 0.05) is 38.3 Å². The summed E-state index contributed by atoms with van der Waals surface area (Å²) in [6.07, 6.45) is 5.42. The maximum Gasteiger partial charge on any atom is 0.317 e. The molecule has 2 heterocycles. The summed E-state index contributed by atoms with van der Waals surface area (Å²) in [7, 11) is 0. The zero-order valence-corrected chi connectivity index (χ0v) is 15.8. The number of hydrogen-bond donors (Lipinski definition) is 2. The maximum atomic E-state index is 12.8. The van der Waals surface area contributed by atoms with Crippen molar-refractivity contribution in [3.8, 4) is 0 Å². The lowest BCUT2D eigenvalue weighted by Crippen LogP contribution is -2.54. The Balaban J connectivity index is 1.32. The number of urea groups is 2. The Morgan fingerprint density at radius 1 is 1.16 bits per heavy atom. The SMILES string of the molecule is CC1(C)[C@H]2CC[C@@]1(C)[C@@H](NC(=O)N1CCC(N3CCNC3=O)CC1)C2. The van der Waals surface area contributed by atoms with Crippen LogP contribution in [0.2, 0.25) is 0 Å². The number of carbonyl (C=O) groups excluding carboxylic acids is 2. The van der Waals surface area contributed by atoms with Crippen LogP contribution in [0, 0.1) is 16.7 Å². The molecule has 0 aromatic carbocycles. The van der Waals surface area contributed by atoms with Crippen molar-refractivity contribution in [2.75, 3.05) is 26.2 Å². The van der Waals surface area contributed by atoms with Crippen LogP contribution in [0.1, 0.15) is 52.9 Å². The van der Waals surface area contributed by atoms with E-state index in [1.165, 1.54) is 12.8 Å². The van der Waals surface area contributed by atoms with Gasteiger partial charge in [0.15, 0.2) is 0 Å². The highest BCUT2D eigenvalue weighted by atomic mass is 16.2. The molecule has 6 heteroatoms. The Bertz CT molecular complexity index is 570. The van der Waals surface area contributed by atoms with Crippen molar-refractivity contribution in [3.63, 3.8) is 0 Å². The minimum absolute atomic E-state index is 0.0556. The van der Waals surface area contributed by atoms with E-state index < -0.39 is 0 Å². The van der Waals surface area contributed by atoms with Crippen molar-refractivity contribution in [1.82, 2.24) is 20.4 Å². The van der Waals surface area contributed by atoms with Crippen molar-refractivity contribution >= 4 is 12.1 Å². The second-order valence-electron chi connectivity index (χ2n) is 9.26. The molecule has 4 rings (SSSR count). The molecular formula is C19H32N4O2. The third-order valence-corrected chi connectivity index (χ3v) is 8.17. The Morgan fingerprint density at radius 3 is 2.40 bits per heavy atom. The summed E-state index contributed by atoms with van der Waals surface area (Å²) in [4.78, 5) is 28.5. The summed E-state index contributed by atoms with van der Waals surface area (Å²) in [6.45, 7) is 10.2. The first kappa shape index (κ1) is 17.0. The Morgan fingerprint density at radius 2 is 1.88 bits per heavy atom. The van der Waals surface area contributed by atoms with Gasteiger partial charge in [-0.1, -0.05) is 20.8 Å². The van der Waals surface area contributed by atoms with Gasteiger partial charge in [-0.2, -0.15) is 0 Å². The van der Waals surface area contributed by atoms with E-state index >= 15 is 0 Å². The molecule has 4 aliphatic rings. The van der Waals surface area contributed by atoms with Crippen LogP contribution in [0.25, 0.3) is 0 Å². The molecule has 0 radical (unpaired) electrons. The van der Waals surface area contributed by atoms with Gasteiger partial charge in [0.05, 0.1) is 0 Å². The van der Waals surface area contributed by atoms with Crippen molar-refractivity contribution in [3.05, 3.63) is 0 Å². The Kier molecular flexibility index (Phi) is 3.92. The number of rotatable bonds is 2. The molecule has 3 atom stereocenters. The minimum atomic E-state index is 0.0556. The zero-order chi connectivity index (χ0) is 17.8. The molecule has 2 saturated heterocycles. The summed E-state index contributed by atoms with van der Waals surface area (Å²) in [5.41, 5.74) is 0.542. The fraction of sp³-hybridized carbons (Fsp3) is 0.895. The molecular weight excluding hydrogens is 316 g/mol. The molecule has 0 spiro atoms. The largest absolute Gasteiger partial charge is 0.336 e. The quantitative estimate of drug-likeness (QED) is 0.805. The van der Waals surface area contributed by atoms with E-state index in [2.05, 4.69) is 31.4 Å². The number of hydrogen-bond acceptors (Lipinski definition) is 2. The van der Waals surface area contributed by atoms with E-state index in [1.807, 2.05) is 9.80 Å². The number of carbonyl (C=O) groups is 2. The number of nitrogens with one attached hydrogen (secondary N) is 2. The van der Waals surface area contributed by atoms with E-state index in [0.717, 1.165) is 51.4 Å². The third kappa shape index (κ3) is 2.51. The maximum absolute atomic E-state index is 12.8. The fourth-order valence-electron chi connectivity index (χ4n) is 5.88. The Labute approximate surface area is 150 Å². The topological polar surface area (TPSA) is 64.7 Å². The lowest BCUT2D eigenvalue weighted by Gasteiger charge is -2.41. The van der Waals surface area contributed by atoms with Crippen LogP contribution < -0.4 is 10.6 Å². The summed E-state index contributed by atoms with van der Waals surface area (Å²) >= 11 is 0. The number of piperidine rings is 1. The van der Waals surface area contributed by atoms with Crippen LogP contribution in [0.15, 0.2) is 0 Å². The lowest BCUT2D eigenvalue weighted by molar-refractivity contribution is 0.110. The molecule has 6 nitrogen and oxygen atoms in total. The van der Waals surface area contributed by atoms with Gasteiger partial charge in [-0.15, -0.1) is 0 Å². The summed E-state index contributed by atoms with van der Waals surface area (Å²) in [5, 5.41) is 6.23. The molecule has 25 heavy (non-hydrogen) atoms. The van der Waals surface area contributed by atoms with Gasteiger partial charge in [-0.05, 0) is 48.9 Å². The lowest BCUT2D eigenvalue weighted by atomic mass is 9.69. The molecule has 2 aliphatic carbocycles. The van der Waals surface area contributed by atoms with Crippen LogP contribution in [0.4, 0.5) is 9.59 Å². The highest BCUT2D eigenvalue weighted by Gasteiger charge is 2.61. The molecule has 4 amide bonds. The molecule has 0 aromatic heterocycles. The average molecular weight is 348 g/mol. The normalized spacial score (nSPS) is 37.5. The van der Waals surface area contributed by atoms with Crippen molar-refractivity contribution in [2.45, 2.75) is 65.0 Å². The van der Waals surface area contributed by atoms with E-state index in [0.29, 0.717) is 11.5 Å². The number of likely N-dealkylation sites (tertiary alicyclic amines) is 1. The second-order valence-corrected chi connectivity index (χ2v) is 9.26. The van der Waals surface area contributed by atoms with Gasteiger partial charge in [-0.25, -0.2) is 9.59 Å². The number of amides is 4. The zero-order valence-electron chi connectivity index (χ0n) is 15.8. The summed E-state index contributed by atoms with van der Waals surface area (Å²) in [6, 6.07) is 0.736. The van der Waals surface area contributed by atoms with E-state index in [9.17, 15) is 9.59 Å². The first-order valence-electron chi connectivity index (χ1n) is 9.93.